The minimum absolute atomic E-state index is 0.0183. The summed E-state index contributed by atoms with van der Waals surface area (Å²) in [5.74, 6) is 2.10. The number of aryl methyl sites for hydroxylation is 2. The van der Waals surface area contributed by atoms with Crippen LogP contribution in [0.4, 0.5) is 0 Å². The smallest absolute Gasteiger partial charge is 0.291 e. The summed E-state index contributed by atoms with van der Waals surface area (Å²) >= 11 is 1.89. The molecule has 6 heteroatoms. The van der Waals surface area contributed by atoms with Crippen LogP contribution in [-0.2, 0) is 6.42 Å². The van der Waals surface area contributed by atoms with Crippen molar-refractivity contribution >= 4 is 17.7 Å². The minimum atomic E-state index is -0.0183. The number of nitrogens with zero attached hydrogens (tertiary/aromatic N) is 3. The fourth-order valence-electron chi connectivity index (χ4n) is 3.15. The first-order valence-corrected chi connectivity index (χ1v) is 10.3. The molecule has 0 spiro atoms. The highest BCUT2D eigenvalue weighted by atomic mass is 32.2. The number of thioether (sulfide) groups is 1. The summed E-state index contributed by atoms with van der Waals surface area (Å²) in [6.07, 6.45) is 1.70. The Labute approximate surface area is 159 Å². The number of oxazole rings is 1. The van der Waals surface area contributed by atoms with Crippen LogP contribution in [0.25, 0.3) is 0 Å². The van der Waals surface area contributed by atoms with E-state index in [9.17, 15) is 4.79 Å². The average molecular weight is 374 g/mol. The summed E-state index contributed by atoms with van der Waals surface area (Å²) in [6.45, 7) is 8.35. The van der Waals surface area contributed by atoms with Crippen LogP contribution in [0.2, 0.25) is 0 Å². The fourth-order valence-corrected chi connectivity index (χ4v) is 4.09. The summed E-state index contributed by atoms with van der Waals surface area (Å²) in [5.41, 5.74) is 0.701. The molecule has 1 amide bonds. The Kier molecular flexibility index (Phi) is 6.74. The molecule has 0 saturated carbocycles. The third kappa shape index (κ3) is 4.89. The average Bonchev–Trinajstić information content (AvgIpc) is 2.88. The second-order valence-corrected chi connectivity index (χ2v) is 7.69. The van der Waals surface area contributed by atoms with E-state index in [1.54, 1.807) is 0 Å². The molecule has 2 aromatic rings. The minimum Gasteiger partial charge on any atom is -0.435 e. The Bertz CT molecular complexity index is 717. The third-order valence-corrected chi connectivity index (χ3v) is 5.62. The number of carbonyl (C=O) groups is 1. The molecule has 1 aliphatic heterocycles. The van der Waals surface area contributed by atoms with Gasteiger partial charge in [0.25, 0.3) is 5.91 Å². The zero-order chi connectivity index (χ0) is 18.4. The molecule has 1 fully saturated rings. The van der Waals surface area contributed by atoms with E-state index in [0.29, 0.717) is 23.8 Å². The van der Waals surface area contributed by atoms with Crippen molar-refractivity contribution in [3.8, 4) is 0 Å². The first-order chi connectivity index (χ1) is 12.7. The number of carbonyl (C=O) groups excluding carboxylic acids is 1. The lowest BCUT2D eigenvalue weighted by atomic mass is 10.3. The second-order valence-electron chi connectivity index (χ2n) is 6.52. The lowest BCUT2D eigenvalue weighted by Gasteiger charge is -2.21. The van der Waals surface area contributed by atoms with Gasteiger partial charge in [0.05, 0.1) is 5.69 Å². The van der Waals surface area contributed by atoms with E-state index < -0.39 is 0 Å². The standard InChI is InChI=1S/C20H27N3O2S/c1-3-18-21-16(2)19(25-18)20(24)23-11-7-10-22(12-13-23)14-15-26-17-8-5-4-6-9-17/h4-6,8-9H,3,7,10-15H2,1-2H3. The molecule has 1 aromatic heterocycles. The van der Waals surface area contributed by atoms with Crippen molar-refractivity contribution in [2.75, 3.05) is 38.5 Å². The van der Waals surface area contributed by atoms with Gasteiger partial charge in [-0.1, -0.05) is 25.1 Å². The van der Waals surface area contributed by atoms with E-state index in [-0.39, 0.29) is 5.91 Å². The van der Waals surface area contributed by atoms with Gasteiger partial charge < -0.3 is 14.2 Å². The maximum Gasteiger partial charge on any atom is 0.291 e. The van der Waals surface area contributed by atoms with Crippen LogP contribution in [0.15, 0.2) is 39.6 Å². The van der Waals surface area contributed by atoms with E-state index >= 15 is 0 Å². The topological polar surface area (TPSA) is 49.6 Å². The van der Waals surface area contributed by atoms with Crippen LogP contribution in [0.1, 0.15) is 35.5 Å². The van der Waals surface area contributed by atoms with Crippen LogP contribution in [0, 0.1) is 6.92 Å². The van der Waals surface area contributed by atoms with Crippen molar-refractivity contribution in [2.45, 2.75) is 31.6 Å². The monoisotopic (exact) mass is 373 g/mol. The number of hydrogen-bond acceptors (Lipinski definition) is 5. The van der Waals surface area contributed by atoms with Crippen molar-refractivity contribution in [1.82, 2.24) is 14.8 Å². The highest BCUT2D eigenvalue weighted by molar-refractivity contribution is 7.99. The second kappa shape index (κ2) is 9.24. The van der Waals surface area contributed by atoms with Gasteiger partial charge in [-0.05, 0) is 32.0 Å². The predicted octanol–water partition coefficient (Wildman–Crippen LogP) is 3.49. The zero-order valence-corrected chi connectivity index (χ0v) is 16.4. The Morgan fingerprint density at radius 3 is 2.73 bits per heavy atom. The molecule has 0 aliphatic carbocycles. The van der Waals surface area contributed by atoms with E-state index in [1.165, 1.54) is 4.90 Å². The molecular weight excluding hydrogens is 346 g/mol. The van der Waals surface area contributed by atoms with E-state index in [0.717, 1.165) is 44.9 Å². The molecule has 0 N–H and O–H groups in total. The molecule has 3 rings (SSSR count). The number of aromatic nitrogens is 1. The van der Waals surface area contributed by atoms with Gasteiger partial charge in [0.1, 0.15) is 0 Å². The SMILES string of the molecule is CCc1nc(C)c(C(=O)N2CCCN(CCSc3ccccc3)CC2)o1. The zero-order valence-electron chi connectivity index (χ0n) is 15.6. The predicted molar refractivity (Wildman–Crippen MR) is 105 cm³/mol. The molecule has 0 unspecified atom stereocenters. The normalized spacial score (nSPS) is 15.8. The summed E-state index contributed by atoms with van der Waals surface area (Å²) < 4.78 is 5.64. The van der Waals surface area contributed by atoms with Crippen LogP contribution in [0.3, 0.4) is 0 Å². The van der Waals surface area contributed by atoms with E-state index in [4.69, 9.17) is 4.42 Å². The van der Waals surface area contributed by atoms with Gasteiger partial charge >= 0.3 is 0 Å². The Morgan fingerprint density at radius 2 is 2.00 bits per heavy atom. The van der Waals surface area contributed by atoms with Crippen LogP contribution in [-0.4, -0.2) is 59.2 Å². The van der Waals surface area contributed by atoms with Crippen molar-refractivity contribution in [3.05, 3.63) is 47.7 Å². The molecule has 2 heterocycles. The molecular formula is C20H27N3O2S. The Hall–Kier alpha value is -1.79. The van der Waals surface area contributed by atoms with Crippen LogP contribution < -0.4 is 0 Å². The number of amides is 1. The molecule has 140 valence electrons. The van der Waals surface area contributed by atoms with Gasteiger partial charge in [0.15, 0.2) is 5.89 Å². The first-order valence-electron chi connectivity index (χ1n) is 9.33. The maximum absolute atomic E-state index is 12.8. The largest absolute Gasteiger partial charge is 0.435 e. The van der Waals surface area contributed by atoms with Crippen molar-refractivity contribution in [1.29, 1.82) is 0 Å². The molecule has 5 nitrogen and oxygen atoms in total. The van der Waals surface area contributed by atoms with Gasteiger partial charge in [0, 0.05) is 43.2 Å². The summed E-state index contributed by atoms with van der Waals surface area (Å²) in [6, 6.07) is 10.5. The van der Waals surface area contributed by atoms with Gasteiger partial charge in [0.2, 0.25) is 5.76 Å². The summed E-state index contributed by atoms with van der Waals surface area (Å²) in [5, 5.41) is 0. The fraction of sp³-hybridized carbons (Fsp3) is 0.500. The molecule has 1 aromatic carbocycles. The van der Waals surface area contributed by atoms with Gasteiger partial charge in [-0.3, -0.25) is 4.79 Å². The molecule has 1 saturated heterocycles. The highest BCUT2D eigenvalue weighted by Crippen LogP contribution is 2.18. The third-order valence-electron chi connectivity index (χ3n) is 4.63. The van der Waals surface area contributed by atoms with Crippen molar-refractivity contribution in [2.24, 2.45) is 0 Å². The van der Waals surface area contributed by atoms with Gasteiger partial charge in [-0.15, -0.1) is 11.8 Å². The van der Waals surface area contributed by atoms with Gasteiger partial charge in [-0.25, -0.2) is 4.98 Å². The number of benzene rings is 1. The lowest BCUT2D eigenvalue weighted by Crippen LogP contribution is -2.35. The van der Waals surface area contributed by atoms with Crippen LogP contribution >= 0.6 is 11.8 Å². The molecule has 0 radical (unpaired) electrons. The molecule has 0 bridgehead atoms. The van der Waals surface area contributed by atoms with Crippen molar-refractivity contribution < 1.29 is 9.21 Å². The van der Waals surface area contributed by atoms with Gasteiger partial charge in [-0.2, -0.15) is 0 Å². The van der Waals surface area contributed by atoms with E-state index in [1.807, 2.05) is 36.6 Å². The molecule has 0 atom stereocenters. The molecule has 1 aliphatic rings. The first kappa shape index (κ1) is 19.0. The Balaban J connectivity index is 1.49. The summed E-state index contributed by atoms with van der Waals surface area (Å²) in [4.78, 5) is 22.8. The van der Waals surface area contributed by atoms with Crippen molar-refractivity contribution in [3.63, 3.8) is 0 Å². The maximum atomic E-state index is 12.8. The number of hydrogen-bond donors (Lipinski definition) is 0. The number of rotatable bonds is 6. The quantitative estimate of drug-likeness (QED) is 0.726. The van der Waals surface area contributed by atoms with Crippen LogP contribution in [0.5, 0.6) is 0 Å². The Morgan fingerprint density at radius 1 is 1.19 bits per heavy atom. The highest BCUT2D eigenvalue weighted by Gasteiger charge is 2.25. The molecule has 26 heavy (non-hydrogen) atoms. The lowest BCUT2D eigenvalue weighted by molar-refractivity contribution is 0.0727. The summed E-state index contributed by atoms with van der Waals surface area (Å²) in [7, 11) is 0. The van der Waals surface area contributed by atoms with E-state index in [2.05, 4.69) is 34.1 Å².